The zero-order chi connectivity index (χ0) is 14.0. The fourth-order valence-electron chi connectivity index (χ4n) is 1.46. The van der Waals surface area contributed by atoms with Crippen molar-refractivity contribution in [3.05, 3.63) is 35.6 Å². The molecule has 0 radical (unpaired) electrons. The molecule has 0 fully saturated rings. The summed E-state index contributed by atoms with van der Waals surface area (Å²) in [6.07, 6.45) is -4.53. The Morgan fingerprint density at radius 1 is 1.33 bits per heavy atom. The molecule has 7 heteroatoms. The summed E-state index contributed by atoms with van der Waals surface area (Å²) in [5.41, 5.74) is 2.93. The number of nitrogens with two attached hydrogens (primary N) is 1. The maximum atomic E-state index is 13.5. The molecule has 1 unspecified atom stereocenters. The molecule has 0 saturated heterocycles. The lowest BCUT2D eigenvalue weighted by Gasteiger charge is -2.28. The Bertz CT molecular complexity index is 447. The largest absolute Gasteiger partial charge is 0.401 e. The minimum atomic E-state index is -4.53. The Morgan fingerprint density at radius 2 is 1.89 bits per heavy atom. The van der Waals surface area contributed by atoms with Crippen LogP contribution >= 0.6 is 0 Å². The number of carbonyl (C=O) groups is 1. The number of primary amides is 1. The number of hydrogen-bond acceptors (Lipinski definition) is 2. The molecule has 1 atom stereocenters. The molecule has 0 aliphatic carbocycles. The van der Waals surface area contributed by atoms with Crippen LogP contribution in [0.25, 0.3) is 0 Å². The van der Waals surface area contributed by atoms with E-state index in [1.807, 2.05) is 5.32 Å². The molecule has 1 rings (SSSR count). The van der Waals surface area contributed by atoms with Crippen LogP contribution < -0.4 is 11.1 Å². The number of nitrogens with one attached hydrogen (secondary N) is 1. The van der Waals surface area contributed by atoms with E-state index in [0.29, 0.717) is 0 Å². The van der Waals surface area contributed by atoms with E-state index >= 15 is 0 Å². The van der Waals surface area contributed by atoms with Gasteiger partial charge in [0, 0.05) is 5.56 Å². The van der Waals surface area contributed by atoms with Crippen LogP contribution in [0.15, 0.2) is 24.3 Å². The SMILES string of the molecule is CC(NCC(F)(F)F)(C(N)=O)c1ccccc1F. The number of alkyl halides is 3. The Hall–Kier alpha value is -1.63. The van der Waals surface area contributed by atoms with Crippen molar-refractivity contribution in [2.45, 2.75) is 18.6 Å². The highest BCUT2D eigenvalue weighted by molar-refractivity contribution is 5.85. The molecule has 1 amide bonds. The Labute approximate surface area is 101 Å². The smallest absolute Gasteiger partial charge is 0.368 e. The highest BCUT2D eigenvalue weighted by atomic mass is 19.4. The molecule has 0 bridgehead atoms. The lowest BCUT2D eigenvalue weighted by molar-refractivity contribution is -0.135. The molecule has 18 heavy (non-hydrogen) atoms. The molecule has 0 spiro atoms. The van der Waals surface area contributed by atoms with Crippen LogP contribution in [0.5, 0.6) is 0 Å². The number of amides is 1. The number of benzene rings is 1. The normalized spacial score (nSPS) is 15.2. The predicted octanol–water partition coefficient (Wildman–Crippen LogP) is 1.68. The second-order valence-electron chi connectivity index (χ2n) is 3.94. The first-order valence-electron chi connectivity index (χ1n) is 5.03. The summed E-state index contributed by atoms with van der Waals surface area (Å²) in [4.78, 5) is 11.3. The average molecular weight is 264 g/mol. The Balaban J connectivity index is 3.09. The van der Waals surface area contributed by atoms with E-state index in [2.05, 4.69) is 0 Å². The molecule has 0 heterocycles. The molecule has 0 aliphatic rings. The average Bonchev–Trinajstić information content (AvgIpc) is 2.25. The number of carbonyl (C=O) groups excluding carboxylic acids is 1. The van der Waals surface area contributed by atoms with Crippen molar-refractivity contribution in [3.63, 3.8) is 0 Å². The van der Waals surface area contributed by atoms with E-state index in [4.69, 9.17) is 5.73 Å². The zero-order valence-electron chi connectivity index (χ0n) is 9.51. The summed E-state index contributed by atoms with van der Waals surface area (Å²) in [6.45, 7) is -0.333. The molecule has 1 aromatic rings. The third-order valence-corrected chi connectivity index (χ3v) is 2.55. The van der Waals surface area contributed by atoms with Gasteiger partial charge in [0.05, 0.1) is 6.54 Å². The monoisotopic (exact) mass is 264 g/mol. The minimum absolute atomic E-state index is 0.221. The van der Waals surface area contributed by atoms with Gasteiger partial charge in [0.2, 0.25) is 5.91 Å². The maximum Gasteiger partial charge on any atom is 0.401 e. The van der Waals surface area contributed by atoms with E-state index < -0.39 is 30.0 Å². The van der Waals surface area contributed by atoms with E-state index in [9.17, 15) is 22.4 Å². The second-order valence-corrected chi connectivity index (χ2v) is 3.94. The van der Waals surface area contributed by atoms with Gasteiger partial charge >= 0.3 is 6.18 Å². The fraction of sp³-hybridized carbons (Fsp3) is 0.364. The van der Waals surface area contributed by atoms with Crippen molar-refractivity contribution in [1.82, 2.24) is 5.32 Å². The van der Waals surface area contributed by atoms with E-state index in [1.165, 1.54) is 18.2 Å². The zero-order valence-corrected chi connectivity index (χ0v) is 9.51. The molecule has 0 aromatic heterocycles. The van der Waals surface area contributed by atoms with Gasteiger partial charge in [-0.25, -0.2) is 4.39 Å². The summed E-state index contributed by atoms with van der Waals surface area (Å²) in [5.74, 6) is -1.88. The van der Waals surface area contributed by atoms with Gasteiger partial charge < -0.3 is 5.73 Å². The van der Waals surface area contributed by atoms with Gasteiger partial charge in [-0.3, -0.25) is 10.1 Å². The van der Waals surface area contributed by atoms with Gasteiger partial charge in [-0.05, 0) is 13.0 Å². The summed E-state index contributed by atoms with van der Waals surface area (Å²) in [5, 5.41) is 1.95. The van der Waals surface area contributed by atoms with Gasteiger partial charge in [-0.15, -0.1) is 0 Å². The van der Waals surface area contributed by atoms with Gasteiger partial charge in [-0.1, -0.05) is 18.2 Å². The first-order valence-corrected chi connectivity index (χ1v) is 5.03. The Morgan fingerprint density at radius 3 is 2.33 bits per heavy atom. The molecular formula is C11H12F4N2O. The maximum absolute atomic E-state index is 13.5. The van der Waals surface area contributed by atoms with E-state index in [0.717, 1.165) is 13.0 Å². The highest BCUT2D eigenvalue weighted by Crippen LogP contribution is 2.25. The molecule has 100 valence electrons. The van der Waals surface area contributed by atoms with Gasteiger partial charge in [-0.2, -0.15) is 13.2 Å². The lowest BCUT2D eigenvalue weighted by Crippen LogP contribution is -2.53. The third-order valence-electron chi connectivity index (χ3n) is 2.55. The number of halogens is 4. The van der Waals surface area contributed by atoms with Crippen molar-refractivity contribution in [2.24, 2.45) is 5.73 Å². The topological polar surface area (TPSA) is 55.1 Å². The molecular weight excluding hydrogens is 252 g/mol. The predicted molar refractivity (Wildman–Crippen MR) is 57.0 cm³/mol. The highest BCUT2D eigenvalue weighted by Gasteiger charge is 2.39. The molecule has 0 aliphatic heterocycles. The molecule has 1 aromatic carbocycles. The minimum Gasteiger partial charge on any atom is -0.368 e. The summed E-state index contributed by atoms with van der Waals surface area (Å²) >= 11 is 0. The molecule has 0 saturated carbocycles. The first kappa shape index (κ1) is 14.4. The van der Waals surface area contributed by atoms with E-state index in [1.54, 1.807) is 0 Å². The lowest BCUT2D eigenvalue weighted by atomic mass is 9.90. The van der Waals surface area contributed by atoms with Crippen LogP contribution in [0.2, 0.25) is 0 Å². The van der Waals surface area contributed by atoms with Crippen molar-refractivity contribution < 1.29 is 22.4 Å². The van der Waals surface area contributed by atoms with Crippen LogP contribution in [0.3, 0.4) is 0 Å². The summed E-state index contributed by atoms with van der Waals surface area (Å²) in [7, 11) is 0. The molecule has 3 N–H and O–H groups in total. The first-order chi connectivity index (χ1) is 8.17. The van der Waals surface area contributed by atoms with Crippen LogP contribution in [0.4, 0.5) is 17.6 Å². The van der Waals surface area contributed by atoms with Gasteiger partial charge in [0.15, 0.2) is 0 Å². The van der Waals surface area contributed by atoms with Crippen molar-refractivity contribution in [3.8, 4) is 0 Å². The second kappa shape index (κ2) is 4.93. The van der Waals surface area contributed by atoms with Crippen LogP contribution in [-0.2, 0) is 10.3 Å². The van der Waals surface area contributed by atoms with Gasteiger partial charge in [0.1, 0.15) is 11.4 Å². The summed E-state index contributed by atoms with van der Waals surface area (Å²) < 4.78 is 50.0. The van der Waals surface area contributed by atoms with Crippen LogP contribution in [0.1, 0.15) is 12.5 Å². The summed E-state index contributed by atoms with van der Waals surface area (Å²) in [6, 6.07) is 5.04. The third kappa shape index (κ3) is 3.19. The quantitative estimate of drug-likeness (QED) is 0.813. The van der Waals surface area contributed by atoms with Crippen molar-refractivity contribution >= 4 is 5.91 Å². The Kier molecular flexibility index (Phi) is 3.95. The van der Waals surface area contributed by atoms with Gasteiger partial charge in [0.25, 0.3) is 0 Å². The number of hydrogen-bond donors (Lipinski definition) is 2. The van der Waals surface area contributed by atoms with Crippen LogP contribution in [-0.4, -0.2) is 18.6 Å². The number of rotatable bonds is 4. The molecule has 3 nitrogen and oxygen atoms in total. The fourth-order valence-corrected chi connectivity index (χ4v) is 1.46. The van der Waals surface area contributed by atoms with E-state index in [-0.39, 0.29) is 5.56 Å². The van der Waals surface area contributed by atoms with Crippen molar-refractivity contribution in [2.75, 3.05) is 6.54 Å². The van der Waals surface area contributed by atoms with Crippen molar-refractivity contribution in [1.29, 1.82) is 0 Å². The van der Waals surface area contributed by atoms with Crippen LogP contribution in [0, 0.1) is 5.82 Å². The standard InChI is InChI=1S/C11H12F4N2O/c1-10(9(16)18,17-6-11(13,14)15)7-4-2-3-5-8(7)12/h2-5,17H,6H2,1H3,(H2,16,18).